The molecule has 1 aromatic heterocycles. The monoisotopic (exact) mass is 341 g/mol. The smallest absolute Gasteiger partial charge is 0.223 e. The van der Waals surface area contributed by atoms with Gasteiger partial charge in [-0.15, -0.1) is 11.8 Å². The molecular formula is C19H23N3OS. The summed E-state index contributed by atoms with van der Waals surface area (Å²) in [6.07, 6.45) is 10.9. The van der Waals surface area contributed by atoms with Crippen LogP contribution < -0.4 is 0 Å². The third kappa shape index (κ3) is 3.22. The van der Waals surface area contributed by atoms with Gasteiger partial charge in [-0.2, -0.15) is 0 Å². The van der Waals surface area contributed by atoms with Gasteiger partial charge in [-0.1, -0.05) is 18.2 Å². The van der Waals surface area contributed by atoms with Gasteiger partial charge in [0, 0.05) is 47.6 Å². The maximum Gasteiger partial charge on any atom is 0.223 e. The molecule has 2 aromatic rings. The predicted octanol–water partition coefficient (Wildman–Crippen LogP) is 3.76. The third-order valence-corrected chi connectivity index (χ3v) is 6.28. The molecule has 126 valence electrons. The van der Waals surface area contributed by atoms with Gasteiger partial charge >= 0.3 is 0 Å². The number of carbonyl (C=O) groups is 1. The molecule has 0 N–H and O–H groups in total. The largest absolute Gasteiger partial charge is 0.337 e. The Kier molecular flexibility index (Phi) is 4.60. The molecule has 3 heterocycles. The Morgan fingerprint density at radius 1 is 1.12 bits per heavy atom. The summed E-state index contributed by atoms with van der Waals surface area (Å²) in [6, 6.07) is 11.7. The minimum atomic E-state index is 0.343. The first kappa shape index (κ1) is 15.8. The molecule has 1 amide bonds. The molecule has 5 heteroatoms. The predicted molar refractivity (Wildman–Crippen MR) is 95.9 cm³/mol. The van der Waals surface area contributed by atoms with Crippen molar-refractivity contribution in [2.45, 2.75) is 55.1 Å². The zero-order valence-corrected chi connectivity index (χ0v) is 14.6. The number of hydrogen-bond donors (Lipinski definition) is 0. The number of imidazole rings is 1. The highest BCUT2D eigenvalue weighted by molar-refractivity contribution is 7.99. The number of aromatic nitrogens is 2. The van der Waals surface area contributed by atoms with E-state index in [0.29, 0.717) is 30.5 Å². The van der Waals surface area contributed by atoms with Crippen molar-refractivity contribution >= 4 is 17.7 Å². The molecule has 2 bridgehead atoms. The maximum atomic E-state index is 12.7. The molecule has 0 radical (unpaired) electrons. The van der Waals surface area contributed by atoms with Crippen molar-refractivity contribution in [3.05, 3.63) is 49.1 Å². The molecule has 2 aliphatic rings. The molecule has 1 aromatic carbocycles. The first-order chi connectivity index (χ1) is 11.8. The number of nitrogens with zero attached hydrogens (tertiary/aromatic N) is 3. The lowest BCUT2D eigenvalue weighted by atomic mass is 9.97. The van der Waals surface area contributed by atoms with Gasteiger partial charge in [0.05, 0.1) is 6.33 Å². The summed E-state index contributed by atoms with van der Waals surface area (Å²) in [7, 11) is 0. The topological polar surface area (TPSA) is 38.1 Å². The van der Waals surface area contributed by atoms with E-state index in [1.54, 1.807) is 11.8 Å². The van der Waals surface area contributed by atoms with Crippen molar-refractivity contribution in [3.63, 3.8) is 0 Å². The van der Waals surface area contributed by atoms with Gasteiger partial charge in [0.25, 0.3) is 0 Å². The van der Waals surface area contributed by atoms with Gasteiger partial charge in [0.1, 0.15) is 0 Å². The van der Waals surface area contributed by atoms with Gasteiger partial charge in [-0.05, 0) is 37.8 Å². The summed E-state index contributed by atoms with van der Waals surface area (Å²) in [5, 5.41) is 0. The molecule has 0 saturated carbocycles. The van der Waals surface area contributed by atoms with Gasteiger partial charge in [-0.25, -0.2) is 4.98 Å². The van der Waals surface area contributed by atoms with Gasteiger partial charge in [-0.3, -0.25) is 4.79 Å². The highest BCUT2D eigenvalue weighted by Gasteiger charge is 2.43. The van der Waals surface area contributed by atoms with Gasteiger partial charge in [0.15, 0.2) is 0 Å². The van der Waals surface area contributed by atoms with Crippen LogP contribution in [0.15, 0.2) is 53.9 Å². The number of amides is 1. The minimum absolute atomic E-state index is 0.343. The normalized spacial score (nSPS) is 25.8. The van der Waals surface area contributed by atoms with Crippen LogP contribution in [0.4, 0.5) is 0 Å². The van der Waals surface area contributed by atoms with E-state index >= 15 is 0 Å². The summed E-state index contributed by atoms with van der Waals surface area (Å²) in [6.45, 7) is 0. The minimum Gasteiger partial charge on any atom is -0.337 e. The molecule has 24 heavy (non-hydrogen) atoms. The van der Waals surface area contributed by atoms with Crippen LogP contribution in [-0.4, -0.2) is 38.2 Å². The highest BCUT2D eigenvalue weighted by Crippen LogP contribution is 2.41. The lowest BCUT2D eigenvalue weighted by molar-refractivity contribution is -0.135. The Morgan fingerprint density at radius 2 is 1.88 bits per heavy atom. The molecule has 4 rings (SSSR count). The Labute approximate surface area is 147 Å². The average Bonchev–Trinajstić information content (AvgIpc) is 3.22. The second-order valence-electron chi connectivity index (χ2n) is 6.73. The number of thioether (sulfide) groups is 1. The molecule has 2 atom stereocenters. The van der Waals surface area contributed by atoms with Crippen LogP contribution in [0.1, 0.15) is 38.1 Å². The van der Waals surface area contributed by atoms with Crippen LogP contribution in [0.5, 0.6) is 0 Å². The van der Waals surface area contributed by atoms with E-state index in [1.165, 1.54) is 4.90 Å². The molecule has 2 fully saturated rings. The highest BCUT2D eigenvalue weighted by atomic mass is 32.2. The van der Waals surface area contributed by atoms with E-state index < -0.39 is 0 Å². The van der Waals surface area contributed by atoms with Crippen LogP contribution in [0.25, 0.3) is 0 Å². The first-order valence-electron chi connectivity index (χ1n) is 8.77. The maximum absolute atomic E-state index is 12.7. The summed E-state index contributed by atoms with van der Waals surface area (Å²) in [5.74, 6) is 1.21. The van der Waals surface area contributed by atoms with Gasteiger partial charge < -0.3 is 9.47 Å². The van der Waals surface area contributed by atoms with E-state index in [4.69, 9.17) is 0 Å². The zero-order valence-electron chi connectivity index (χ0n) is 13.8. The fraction of sp³-hybridized carbons (Fsp3) is 0.474. The molecule has 2 saturated heterocycles. The van der Waals surface area contributed by atoms with Crippen molar-refractivity contribution in [2.24, 2.45) is 0 Å². The van der Waals surface area contributed by atoms with Crippen LogP contribution >= 0.6 is 11.8 Å². The van der Waals surface area contributed by atoms with Crippen molar-refractivity contribution in [1.82, 2.24) is 14.5 Å². The van der Waals surface area contributed by atoms with Crippen molar-refractivity contribution in [1.29, 1.82) is 0 Å². The molecule has 2 unspecified atom stereocenters. The van der Waals surface area contributed by atoms with Crippen LogP contribution in [-0.2, 0) is 4.79 Å². The zero-order chi connectivity index (χ0) is 16.4. The van der Waals surface area contributed by atoms with Crippen molar-refractivity contribution < 1.29 is 4.79 Å². The second kappa shape index (κ2) is 7.01. The molecule has 0 aliphatic carbocycles. The van der Waals surface area contributed by atoms with Crippen LogP contribution in [0, 0.1) is 0 Å². The van der Waals surface area contributed by atoms with E-state index in [1.807, 2.05) is 30.7 Å². The van der Waals surface area contributed by atoms with E-state index in [-0.39, 0.29) is 0 Å². The lowest BCUT2D eigenvalue weighted by Gasteiger charge is -2.39. The van der Waals surface area contributed by atoms with Crippen molar-refractivity contribution in [2.75, 3.05) is 5.75 Å². The van der Waals surface area contributed by atoms with Crippen LogP contribution in [0.2, 0.25) is 0 Å². The van der Waals surface area contributed by atoms with E-state index in [0.717, 1.165) is 31.4 Å². The average molecular weight is 341 g/mol. The number of fused-ring (bicyclic) bond motifs is 2. The Hall–Kier alpha value is -1.75. The molecule has 2 aliphatic heterocycles. The third-order valence-electron chi connectivity index (χ3n) is 5.27. The summed E-state index contributed by atoms with van der Waals surface area (Å²) in [5.41, 5.74) is 0. The van der Waals surface area contributed by atoms with Crippen molar-refractivity contribution in [3.8, 4) is 0 Å². The lowest BCUT2D eigenvalue weighted by Crippen LogP contribution is -2.46. The summed E-state index contributed by atoms with van der Waals surface area (Å²) in [4.78, 5) is 20.4. The number of carbonyl (C=O) groups excluding carboxylic acids is 1. The number of hydrogen-bond acceptors (Lipinski definition) is 3. The number of piperidine rings is 1. The SMILES string of the molecule is O=C(CCSc1ccccc1)N1C2CCC1CC(n1ccnc1)C2. The first-order valence-corrected chi connectivity index (χ1v) is 9.76. The quantitative estimate of drug-likeness (QED) is 0.777. The summed E-state index contributed by atoms with van der Waals surface area (Å²) < 4.78 is 2.22. The molecular weight excluding hydrogens is 318 g/mol. The standard InChI is InChI=1S/C19H23N3OS/c23-19(8-11-24-18-4-2-1-3-5-18)22-15-6-7-16(22)13-17(12-15)21-10-9-20-14-21/h1-5,9-10,14-17H,6-8,11-13H2. The van der Waals surface area contributed by atoms with E-state index in [9.17, 15) is 4.79 Å². The van der Waals surface area contributed by atoms with E-state index in [2.05, 4.69) is 32.8 Å². The molecule has 4 nitrogen and oxygen atoms in total. The van der Waals surface area contributed by atoms with Crippen LogP contribution in [0.3, 0.4) is 0 Å². The summed E-state index contributed by atoms with van der Waals surface area (Å²) >= 11 is 1.77. The number of rotatable bonds is 5. The Bertz CT molecular complexity index is 659. The molecule has 0 spiro atoms. The number of benzene rings is 1. The Morgan fingerprint density at radius 3 is 2.54 bits per heavy atom. The second-order valence-corrected chi connectivity index (χ2v) is 7.90. The van der Waals surface area contributed by atoms with Gasteiger partial charge in [0.2, 0.25) is 5.91 Å². The fourth-order valence-electron chi connectivity index (χ4n) is 4.19. The fourth-order valence-corrected chi connectivity index (χ4v) is 5.05. The Balaban J connectivity index is 1.33.